The summed E-state index contributed by atoms with van der Waals surface area (Å²) in [5, 5.41) is 3.91. The number of hydrogen-bond acceptors (Lipinski definition) is 6. The molecule has 2 heterocycles. The van der Waals surface area contributed by atoms with Crippen molar-refractivity contribution >= 4 is 17.4 Å². The number of pyridine rings is 1. The van der Waals surface area contributed by atoms with Crippen LogP contribution in [0.2, 0.25) is 0 Å². The first-order valence-electron chi connectivity index (χ1n) is 5.42. The van der Waals surface area contributed by atoms with E-state index < -0.39 is 0 Å². The molecule has 0 fully saturated rings. The van der Waals surface area contributed by atoms with Gasteiger partial charge in [0.05, 0.1) is 17.6 Å². The highest BCUT2D eigenvalue weighted by Gasteiger charge is 2.09. The van der Waals surface area contributed by atoms with Crippen LogP contribution in [0.4, 0.5) is 5.69 Å². The van der Waals surface area contributed by atoms with Crippen LogP contribution in [0.3, 0.4) is 0 Å². The van der Waals surface area contributed by atoms with E-state index >= 15 is 0 Å². The first-order valence-corrected chi connectivity index (χ1v) is 6.57. The quantitative estimate of drug-likeness (QED) is 0.821. The topological polar surface area (TPSA) is 77.8 Å². The van der Waals surface area contributed by atoms with Crippen LogP contribution in [0.15, 0.2) is 22.9 Å². The number of aromatic nitrogens is 3. The molecule has 2 aromatic heterocycles. The molecule has 2 aromatic rings. The van der Waals surface area contributed by atoms with Crippen molar-refractivity contribution in [3.63, 3.8) is 0 Å². The minimum Gasteiger partial charge on any atom is -0.397 e. The van der Waals surface area contributed by atoms with Gasteiger partial charge in [0.25, 0.3) is 5.89 Å². The molecule has 0 saturated heterocycles. The van der Waals surface area contributed by atoms with Gasteiger partial charge in [0.1, 0.15) is 5.69 Å². The fourth-order valence-corrected chi connectivity index (χ4v) is 1.99. The van der Waals surface area contributed by atoms with E-state index in [0.717, 1.165) is 17.9 Å². The van der Waals surface area contributed by atoms with Crippen molar-refractivity contribution in [2.24, 2.45) is 0 Å². The molecule has 0 saturated carbocycles. The van der Waals surface area contributed by atoms with Crippen LogP contribution in [0.25, 0.3) is 11.6 Å². The molecule has 0 bridgehead atoms. The number of rotatable bonds is 5. The van der Waals surface area contributed by atoms with E-state index in [1.54, 1.807) is 30.1 Å². The average Bonchev–Trinajstić information content (AvgIpc) is 2.79. The van der Waals surface area contributed by atoms with Crippen LogP contribution in [0.5, 0.6) is 0 Å². The zero-order valence-corrected chi connectivity index (χ0v) is 10.4. The van der Waals surface area contributed by atoms with E-state index in [-0.39, 0.29) is 0 Å². The Hall–Kier alpha value is -1.56. The van der Waals surface area contributed by atoms with Crippen molar-refractivity contribution in [2.75, 3.05) is 11.5 Å². The number of anilines is 1. The molecular formula is C11H14N4OS. The second-order valence-corrected chi connectivity index (χ2v) is 4.65. The van der Waals surface area contributed by atoms with Crippen molar-refractivity contribution in [3.8, 4) is 11.6 Å². The molecule has 0 amide bonds. The number of nitrogens with two attached hydrogens (primary N) is 1. The molecule has 6 heteroatoms. The van der Waals surface area contributed by atoms with E-state index in [4.69, 9.17) is 10.3 Å². The first kappa shape index (κ1) is 11.9. The molecule has 0 aliphatic heterocycles. The van der Waals surface area contributed by atoms with Crippen LogP contribution in [-0.2, 0) is 5.75 Å². The molecule has 0 aliphatic carbocycles. The summed E-state index contributed by atoms with van der Waals surface area (Å²) in [5.74, 6) is 3.02. The summed E-state index contributed by atoms with van der Waals surface area (Å²) in [6, 6.07) is 3.53. The maximum atomic E-state index is 5.56. The summed E-state index contributed by atoms with van der Waals surface area (Å²) in [5.41, 5.74) is 6.83. The largest absolute Gasteiger partial charge is 0.397 e. The van der Waals surface area contributed by atoms with Gasteiger partial charge in [0, 0.05) is 0 Å². The Balaban J connectivity index is 2.04. The van der Waals surface area contributed by atoms with Crippen molar-refractivity contribution in [2.45, 2.75) is 19.1 Å². The molecule has 17 heavy (non-hydrogen) atoms. The molecular weight excluding hydrogens is 236 g/mol. The van der Waals surface area contributed by atoms with Crippen LogP contribution >= 0.6 is 11.8 Å². The zero-order chi connectivity index (χ0) is 12.1. The Morgan fingerprint density at radius 1 is 1.41 bits per heavy atom. The van der Waals surface area contributed by atoms with E-state index in [2.05, 4.69) is 22.0 Å². The van der Waals surface area contributed by atoms with Crippen LogP contribution in [0.1, 0.15) is 19.2 Å². The van der Waals surface area contributed by atoms with Gasteiger partial charge in [-0.05, 0) is 24.3 Å². The van der Waals surface area contributed by atoms with Gasteiger partial charge in [-0.3, -0.25) is 0 Å². The summed E-state index contributed by atoms with van der Waals surface area (Å²) in [4.78, 5) is 8.41. The molecule has 0 radical (unpaired) electrons. The second-order valence-electron chi connectivity index (χ2n) is 3.55. The van der Waals surface area contributed by atoms with E-state index in [1.807, 2.05) is 0 Å². The van der Waals surface area contributed by atoms with Gasteiger partial charge in [-0.25, -0.2) is 4.98 Å². The van der Waals surface area contributed by atoms with Gasteiger partial charge in [0.2, 0.25) is 0 Å². The molecule has 0 aliphatic rings. The molecule has 5 nitrogen and oxygen atoms in total. The van der Waals surface area contributed by atoms with Crippen LogP contribution < -0.4 is 5.73 Å². The van der Waals surface area contributed by atoms with Gasteiger partial charge >= 0.3 is 0 Å². The minimum absolute atomic E-state index is 0.442. The monoisotopic (exact) mass is 250 g/mol. The maximum Gasteiger partial charge on any atom is 0.276 e. The third-order valence-electron chi connectivity index (χ3n) is 2.05. The SMILES string of the molecule is CCCSCc1noc(-c2ccc(N)cn2)n1. The lowest BCUT2D eigenvalue weighted by Crippen LogP contribution is -1.89. The lowest BCUT2D eigenvalue weighted by molar-refractivity contribution is 0.424. The van der Waals surface area contributed by atoms with E-state index in [9.17, 15) is 0 Å². The van der Waals surface area contributed by atoms with Crippen LogP contribution in [-0.4, -0.2) is 20.9 Å². The Kier molecular flexibility index (Phi) is 3.98. The third kappa shape index (κ3) is 3.20. The summed E-state index contributed by atoms with van der Waals surface area (Å²) in [7, 11) is 0. The van der Waals surface area contributed by atoms with Gasteiger partial charge in [-0.2, -0.15) is 16.7 Å². The lowest BCUT2D eigenvalue weighted by Gasteiger charge is -1.94. The maximum absolute atomic E-state index is 5.56. The molecule has 0 atom stereocenters. The average molecular weight is 250 g/mol. The standard InChI is InChI=1S/C11H14N4OS/c1-2-5-17-7-10-14-11(16-15-10)9-4-3-8(12)6-13-9/h3-4,6H,2,5,7,12H2,1H3. The predicted molar refractivity (Wildman–Crippen MR) is 68.4 cm³/mol. The minimum atomic E-state index is 0.442. The van der Waals surface area contributed by atoms with Crippen molar-refractivity contribution in [3.05, 3.63) is 24.2 Å². The van der Waals surface area contributed by atoms with Gasteiger partial charge in [-0.1, -0.05) is 12.1 Å². The Morgan fingerprint density at radius 3 is 3.00 bits per heavy atom. The van der Waals surface area contributed by atoms with Crippen molar-refractivity contribution in [1.29, 1.82) is 0 Å². The van der Waals surface area contributed by atoms with Gasteiger partial charge < -0.3 is 10.3 Å². The lowest BCUT2D eigenvalue weighted by atomic mass is 10.3. The molecule has 2 rings (SSSR count). The summed E-state index contributed by atoms with van der Waals surface area (Å²) < 4.78 is 5.14. The van der Waals surface area contributed by atoms with E-state index in [1.165, 1.54) is 0 Å². The van der Waals surface area contributed by atoms with Gasteiger partial charge in [-0.15, -0.1) is 0 Å². The third-order valence-corrected chi connectivity index (χ3v) is 3.21. The Labute approximate surface area is 104 Å². The second kappa shape index (κ2) is 5.67. The van der Waals surface area contributed by atoms with Crippen molar-refractivity contribution in [1.82, 2.24) is 15.1 Å². The molecule has 0 spiro atoms. The number of nitrogens with zero attached hydrogens (tertiary/aromatic N) is 3. The first-order chi connectivity index (χ1) is 8.29. The van der Waals surface area contributed by atoms with Gasteiger partial charge in [0.15, 0.2) is 5.82 Å². The number of thioether (sulfide) groups is 1. The zero-order valence-electron chi connectivity index (χ0n) is 9.59. The van der Waals surface area contributed by atoms with Crippen molar-refractivity contribution < 1.29 is 4.52 Å². The highest BCUT2D eigenvalue weighted by molar-refractivity contribution is 7.98. The highest BCUT2D eigenvalue weighted by atomic mass is 32.2. The highest BCUT2D eigenvalue weighted by Crippen LogP contribution is 2.17. The normalized spacial score (nSPS) is 10.6. The number of hydrogen-bond donors (Lipinski definition) is 1. The molecule has 2 N–H and O–H groups in total. The predicted octanol–water partition coefficient (Wildman–Crippen LogP) is 2.36. The molecule has 0 aromatic carbocycles. The fourth-order valence-electron chi connectivity index (χ4n) is 1.26. The Morgan fingerprint density at radius 2 is 2.29 bits per heavy atom. The summed E-state index contributed by atoms with van der Waals surface area (Å²) in [6.07, 6.45) is 2.72. The summed E-state index contributed by atoms with van der Waals surface area (Å²) in [6.45, 7) is 2.15. The molecule has 90 valence electrons. The smallest absolute Gasteiger partial charge is 0.276 e. The Bertz CT molecular complexity index is 469. The number of nitrogen functional groups attached to an aromatic ring is 1. The van der Waals surface area contributed by atoms with E-state index in [0.29, 0.717) is 23.1 Å². The van der Waals surface area contributed by atoms with Crippen LogP contribution in [0, 0.1) is 0 Å². The summed E-state index contributed by atoms with van der Waals surface area (Å²) >= 11 is 1.79. The fraction of sp³-hybridized carbons (Fsp3) is 0.364. The molecule has 0 unspecified atom stereocenters.